The summed E-state index contributed by atoms with van der Waals surface area (Å²) in [4.78, 5) is 13.4. The average molecular weight is 183 g/mol. The molecule has 2 heterocycles. The largest absolute Gasteiger partial charge is 0.447 e. The molecule has 0 aromatic rings. The molecule has 0 aromatic carbocycles. The molecule has 0 radical (unpaired) electrons. The predicted octanol–water partition coefficient (Wildman–Crippen LogP) is 2.02. The summed E-state index contributed by atoms with van der Waals surface area (Å²) < 4.78 is 5.07. The summed E-state index contributed by atoms with van der Waals surface area (Å²) in [5.41, 5.74) is 0. The minimum atomic E-state index is -0.0941. The number of nitrogens with zero attached hydrogens (tertiary/aromatic N) is 1. The van der Waals surface area contributed by atoms with Crippen LogP contribution in [0.4, 0.5) is 4.79 Å². The Bertz CT molecular complexity index is 215. The van der Waals surface area contributed by atoms with Crippen molar-refractivity contribution >= 4 is 6.09 Å². The van der Waals surface area contributed by atoms with Crippen molar-refractivity contribution in [1.29, 1.82) is 0 Å². The highest BCUT2D eigenvalue weighted by molar-refractivity contribution is 5.70. The third kappa shape index (κ3) is 1.40. The Morgan fingerprint density at radius 1 is 1.46 bits per heavy atom. The summed E-state index contributed by atoms with van der Waals surface area (Å²) >= 11 is 0. The molecule has 0 unspecified atom stereocenters. The summed E-state index contributed by atoms with van der Waals surface area (Å²) in [6.07, 6.45) is 3.40. The molecule has 2 saturated heterocycles. The summed E-state index contributed by atoms with van der Waals surface area (Å²) in [5, 5.41) is 0. The molecule has 0 bridgehead atoms. The van der Waals surface area contributed by atoms with Gasteiger partial charge in [0.25, 0.3) is 0 Å². The Morgan fingerprint density at radius 3 is 2.92 bits per heavy atom. The van der Waals surface area contributed by atoms with Crippen LogP contribution in [0.25, 0.3) is 0 Å². The first kappa shape index (κ1) is 8.85. The van der Waals surface area contributed by atoms with Gasteiger partial charge in [-0.05, 0) is 25.2 Å². The van der Waals surface area contributed by atoms with E-state index in [1.54, 1.807) is 0 Å². The second kappa shape index (κ2) is 3.20. The molecular weight excluding hydrogens is 166 g/mol. The molecule has 0 spiro atoms. The van der Waals surface area contributed by atoms with E-state index in [1.165, 1.54) is 6.42 Å². The molecule has 13 heavy (non-hydrogen) atoms. The lowest BCUT2D eigenvalue weighted by atomic mass is 9.90. The van der Waals surface area contributed by atoms with Crippen molar-refractivity contribution < 1.29 is 9.53 Å². The lowest BCUT2D eigenvalue weighted by molar-refractivity contribution is 0.107. The fourth-order valence-electron chi connectivity index (χ4n) is 2.46. The van der Waals surface area contributed by atoms with Crippen LogP contribution in [0.1, 0.15) is 33.1 Å². The lowest BCUT2D eigenvalue weighted by Gasteiger charge is -2.37. The van der Waals surface area contributed by atoms with E-state index in [0.29, 0.717) is 24.6 Å². The summed E-state index contributed by atoms with van der Waals surface area (Å²) in [5.74, 6) is 0.549. The molecule has 2 fully saturated rings. The number of fused-ring (bicyclic) bond motifs is 1. The van der Waals surface area contributed by atoms with E-state index in [-0.39, 0.29) is 6.09 Å². The van der Waals surface area contributed by atoms with Crippen LogP contribution >= 0.6 is 0 Å². The number of hydrogen-bond acceptors (Lipinski definition) is 2. The van der Waals surface area contributed by atoms with Gasteiger partial charge >= 0.3 is 6.09 Å². The lowest BCUT2D eigenvalue weighted by Crippen LogP contribution is -2.47. The molecule has 1 amide bonds. The van der Waals surface area contributed by atoms with Gasteiger partial charge in [-0.15, -0.1) is 0 Å². The third-order valence-electron chi connectivity index (χ3n) is 3.17. The SMILES string of the molecule is CC(C)[C@H]1CCC[C@@H]2COC(=O)N21. The maximum Gasteiger partial charge on any atom is 0.410 e. The number of ether oxygens (including phenoxy) is 1. The molecule has 0 aliphatic carbocycles. The summed E-state index contributed by atoms with van der Waals surface area (Å²) in [6.45, 7) is 4.97. The summed E-state index contributed by atoms with van der Waals surface area (Å²) in [6, 6.07) is 0.780. The van der Waals surface area contributed by atoms with Crippen molar-refractivity contribution in [2.24, 2.45) is 5.92 Å². The highest BCUT2D eigenvalue weighted by Gasteiger charge is 2.41. The zero-order valence-corrected chi connectivity index (χ0v) is 8.32. The van der Waals surface area contributed by atoms with E-state index in [1.807, 2.05) is 4.90 Å². The van der Waals surface area contributed by atoms with Crippen molar-refractivity contribution in [2.75, 3.05) is 6.61 Å². The van der Waals surface area contributed by atoms with Crippen LogP contribution < -0.4 is 0 Å². The van der Waals surface area contributed by atoms with Gasteiger partial charge in [-0.3, -0.25) is 4.90 Å². The van der Waals surface area contributed by atoms with E-state index in [9.17, 15) is 4.79 Å². The van der Waals surface area contributed by atoms with Crippen LogP contribution in [0.15, 0.2) is 0 Å². The van der Waals surface area contributed by atoms with E-state index in [2.05, 4.69) is 13.8 Å². The zero-order chi connectivity index (χ0) is 9.42. The Morgan fingerprint density at radius 2 is 2.23 bits per heavy atom. The number of rotatable bonds is 1. The normalized spacial score (nSPS) is 33.5. The minimum Gasteiger partial charge on any atom is -0.447 e. The molecule has 0 saturated carbocycles. The van der Waals surface area contributed by atoms with Crippen LogP contribution in [0.3, 0.4) is 0 Å². The van der Waals surface area contributed by atoms with Crippen LogP contribution in [-0.4, -0.2) is 29.7 Å². The molecule has 0 N–H and O–H groups in total. The van der Waals surface area contributed by atoms with Gasteiger partial charge in [-0.2, -0.15) is 0 Å². The standard InChI is InChI=1S/C10H17NO2/c1-7(2)9-5-3-4-8-6-13-10(12)11(8)9/h7-9H,3-6H2,1-2H3/t8-,9-/m1/s1. The van der Waals surface area contributed by atoms with E-state index < -0.39 is 0 Å². The van der Waals surface area contributed by atoms with Crippen molar-refractivity contribution in [1.82, 2.24) is 4.90 Å². The maximum atomic E-state index is 11.4. The summed E-state index contributed by atoms with van der Waals surface area (Å²) in [7, 11) is 0. The van der Waals surface area contributed by atoms with Gasteiger partial charge in [0.2, 0.25) is 0 Å². The fraction of sp³-hybridized carbons (Fsp3) is 0.900. The first-order valence-corrected chi connectivity index (χ1v) is 5.15. The average Bonchev–Trinajstić information content (AvgIpc) is 2.48. The minimum absolute atomic E-state index is 0.0941. The van der Waals surface area contributed by atoms with Gasteiger partial charge in [0, 0.05) is 6.04 Å². The molecule has 3 heteroatoms. The number of hydrogen-bond donors (Lipinski definition) is 0. The molecule has 2 aliphatic rings. The van der Waals surface area contributed by atoms with Gasteiger partial charge in [0.1, 0.15) is 6.61 Å². The number of piperidine rings is 1. The number of amides is 1. The number of carbonyl (C=O) groups excluding carboxylic acids is 1. The Labute approximate surface area is 79.0 Å². The van der Waals surface area contributed by atoms with Crippen molar-refractivity contribution in [3.8, 4) is 0 Å². The van der Waals surface area contributed by atoms with E-state index in [0.717, 1.165) is 12.8 Å². The van der Waals surface area contributed by atoms with Crippen LogP contribution in [0.2, 0.25) is 0 Å². The van der Waals surface area contributed by atoms with Crippen LogP contribution in [0.5, 0.6) is 0 Å². The van der Waals surface area contributed by atoms with E-state index in [4.69, 9.17) is 4.74 Å². The van der Waals surface area contributed by atoms with Gasteiger partial charge in [-0.25, -0.2) is 4.79 Å². The molecule has 2 atom stereocenters. The highest BCUT2D eigenvalue weighted by atomic mass is 16.6. The van der Waals surface area contributed by atoms with Gasteiger partial charge in [0.05, 0.1) is 6.04 Å². The van der Waals surface area contributed by atoms with Crippen molar-refractivity contribution in [3.05, 3.63) is 0 Å². The molecule has 3 nitrogen and oxygen atoms in total. The number of cyclic esters (lactones) is 1. The van der Waals surface area contributed by atoms with Gasteiger partial charge in [0.15, 0.2) is 0 Å². The second-order valence-corrected chi connectivity index (χ2v) is 4.38. The van der Waals surface area contributed by atoms with Crippen LogP contribution in [0, 0.1) is 5.92 Å². The van der Waals surface area contributed by atoms with Crippen molar-refractivity contribution in [3.63, 3.8) is 0 Å². The smallest absolute Gasteiger partial charge is 0.410 e. The molecule has 2 aliphatic heterocycles. The van der Waals surface area contributed by atoms with E-state index >= 15 is 0 Å². The molecular formula is C10H17NO2. The first-order chi connectivity index (χ1) is 6.20. The molecule has 2 rings (SSSR count). The monoisotopic (exact) mass is 183 g/mol. The quantitative estimate of drug-likeness (QED) is 0.622. The second-order valence-electron chi connectivity index (χ2n) is 4.38. The molecule has 74 valence electrons. The first-order valence-electron chi connectivity index (χ1n) is 5.15. The topological polar surface area (TPSA) is 29.5 Å². The third-order valence-corrected chi connectivity index (χ3v) is 3.17. The Balaban J connectivity index is 2.15. The Kier molecular flexibility index (Phi) is 2.18. The van der Waals surface area contributed by atoms with Gasteiger partial charge in [-0.1, -0.05) is 13.8 Å². The van der Waals surface area contributed by atoms with Crippen molar-refractivity contribution in [2.45, 2.75) is 45.2 Å². The number of carbonyl (C=O) groups is 1. The highest BCUT2D eigenvalue weighted by Crippen LogP contribution is 2.31. The van der Waals surface area contributed by atoms with Gasteiger partial charge < -0.3 is 4.74 Å². The van der Waals surface area contributed by atoms with Crippen LogP contribution in [-0.2, 0) is 4.74 Å². The predicted molar refractivity (Wildman–Crippen MR) is 49.5 cm³/mol. The Hall–Kier alpha value is -0.730. The zero-order valence-electron chi connectivity index (χ0n) is 8.32. The molecule has 0 aromatic heterocycles. The fourth-order valence-corrected chi connectivity index (χ4v) is 2.46. The maximum absolute atomic E-state index is 11.4.